The third-order valence-electron chi connectivity index (χ3n) is 2.55. The van der Waals surface area contributed by atoms with Crippen molar-refractivity contribution in [2.45, 2.75) is 26.7 Å². The lowest BCUT2D eigenvalue weighted by atomic mass is 10.00. The van der Waals surface area contributed by atoms with Crippen molar-refractivity contribution in [3.8, 4) is 0 Å². The van der Waals surface area contributed by atoms with Gasteiger partial charge in [-0.1, -0.05) is 12.1 Å². The van der Waals surface area contributed by atoms with Crippen LogP contribution in [0.5, 0.6) is 0 Å². The molecule has 1 aromatic rings. The Morgan fingerprint density at radius 3 is 2.54 bits per heavy atom. The van der Waals surface area contributed by atoms with E-state index in [9.17, 15) is 0 Å². The standard InChI is InChI=1S/C11H17OP/c1-8-9(2)11(13)6-5-10(8)4-3-7-12/h5-6,12H,3-4,7,13H2,1-2H3. The third kappa shape index (κ3) is 2.52. The van der Waals surface area contributed by atoms with Crippen LogP contribution in [0.4, 0.5) is 0 Å². The molecule has 1 nitrogen and oxygen atoms in total. The molecule has 0 aliphatic heterocycles. The Kier molecular flexibility index (Phi) is 3.90. The lowest BCUT2D eigenvalue weighted by molar-refractivity contribution is 0.288. The SMILES string of the molecule is Cc1c(P)ccc(CCCO)c1C. The first-order valence-electron chi connectivity index (χ1n) is 4.62. The molecular formula is C11H17OP. The predicted molar refractivity (Wildman–Crippen MR) is 60.7 cm³/mol. The Balaban J connectivity index is 2.90. The molecule has 0 fully saturated rings. The van der Waals surface area contributed by atoms with Crippen LogP contribution in [0.2, 0.25) is 0 Å². The van der Waals surface area contributed by atoms with Crippen molar-refractivity contribution < 1.29 is 5.11 Å². The van der Waals surface area contributed by atoms with Crippen molar-refractivity contribution in [1.29, 1.82) is 0 Å². The maximum Gasteiger partial charge on any atom is 0.0434 e. The average molecular weight is 196 g/mol. The minimum atomic E-state index is 0.279. The highest BCUT2D eigenvalue weighted by Crippen LogP contribution is 2.14. The summed E-state index contributed by atoms with van der Waals surface area (Å²) in [4.78, 5) is 0. The largest absolute Gasteiger partial charge is 0.396 e. The summed E-state index contributed by atoms with van der Waals surface area (Å²) in [6, 6.07) is 4.28. The Hall–Kier alpha value is -0.390. The average Bonchev–Trinajstić information content (AvgIpc) is 2.13. The number of aryl methyl sites for hydroxylation is 1. The predicted octanol–water partition coefficient (Wildman–Crippen LogP) is 1.73. The van der Waals surface area contributed by atoms with Gasteiger partial charge in [0, 0.05) is 6.61 Å². The molecule has 1 unspecified atom stereocenters. The number of aliphatic hydroxyl groups is 1. The van der Waals surface area contributed by atoms with E-state index in [0.717, 1.165) is 12.8 Å². The summed E-state index contributed by atoms with van der Waals surface area (Å²) in [6.45, 7) is 4.57. The summed E-state index contributed by atoms with van der Waals surface area (Å²) in [6.07, 6.45) is 1.84. The second-order valence-electron chi connectivity index (χ2n) is 3.39. The Labute approximate surface area is 82.4 Å². The lowest BCUT2D eigenvalue weighted by Gasteiger charge is -2.10. The highest BCUT2D eigenvalue weighted by molar-refractivity contribution is 7.27. The van der Waals surface area contributed by atoms with Crippen LogP contribution in [0.25, 0.3) is 0 Å². The molecule has 0 saturated heterocycles. The minimum absolute atomic E-state index is 0.279. The van der Waals surface area contributed by atoms with Gasteiger partial charge >= 0.3 is 0 Å². The van der Waals surface area contributed by atoms with Crippen molar-refractivity contribution in [3.63, 3.8) is 0 Å². The fraction of sp³-hybridized carbons (Fsp3) is 0.455. The zero-order valence-corrected chi connectivity index (χ0v) is 9.46. The summed E-state index contributed by atoms with van der Waals surface area (Å²) in [5.74, 6) is 0. The fourth-order valence-corrected chi connectivity index (χ4v) is 1.75. The van der Waals surface area contributed by atoms with Crippen LogP contribution in [-0.2, 0) is 6.42 Å². The van der Waals surface area contributed by atoms with E-state index in [4.69, 9.17) is 5.11 Å². The van der Waals surface area contributed by atoms with E-state index in [1.807, 2.05) is 0 Å². The molecule has 0 aromatic heterocycles. The molecule has 0 amide bonds. The zero-order valence-electron chi connectivity index (χ0n) is 8.30. The van der Waals surface area contributed by atoms with Crippen LogP contribution in [0.3, 0.4) is 0 Å². The van der Waals surface area contributed by atoms with Gasteiger partial charge in [0.1, 0.15) is 0 Å². The van der Waals surface area contributed by atoms with E-state index >= 15 is 0 Å². The first kappa shape index (κ1) is 10.7. The van der Waals surface area contributed by atoms with Gasteiger partial charge in [-0.2, -0.15) is 0 Å². The topological polar surface area (TPSA) is 20.2 Å². The van der Waals surface area contributed by atoms with Crippen LogP contribution in [0.1, 0.15) is 23.1 Å². The van der Waals surface area contributed by atoms with Crippen molar-refractivity contribution in [2.24, 2.45) is 0 Å². The zero-order chi connectivity index (χ0) is 9.84. The van der Waals surface area contributed by atoms with Gasteiger partial charge in [0.2, 0.25) is 0 Å². The van der Waals surface area contributed by atoms with Crippen LogP contribution < -0.4 is 5.30 Å². The maximum absolute atomic E-state index is 8.74. The van der Waals surface area contributed by atoms with Crippen LogP contribution in [0.15, 0.2) is 12.1 Å². The molecule has 0 bridgehead atoms. The van der Waals surface area contributed by atoms with E-state index in [2.05, 4.69) is 35.2 Å². The molecule has 0 heterocycles. The first-order chi connectivity index (χ1) is 6.16. The number of benzene rings is 1. The van der Waals surface area contributed by atoms with Gasteiger partial charge in [0.05, 0.1) is 0 Å². The summed E-state index contributed by atoms with van der Waals surface area (Å²) in [7, 11) is 2.74. The molecule has 1 aromatic carbocycles. The van der Waals surface area contributed by atoms with Crippen LogP contribution >= 0.6 is 9.24 Å². The maximum atomic E-state index is 8.74. The van der Waals surface area contributed by atoms with Gasteiger partial charge < -0.3 is 5.11 Å². The number of hydrogen-bond donors (Lipinski definition) is 1. The number of aliphatic hydroxyl groups excluding tert-OH is 1. The van der Waals surface area contributed by atoms with Crippen molar-refractivity contribution in [1.82, 2.24) is 0 Å². The van der Waals surface area contributed by atoms with E-state index in [0.29, 0.717) is 0 Å². The Morgan fingerprint density at radius 1 is 1.23 bits per heavy atom. The second kappa shape index (κ2) is 4.74. The molecule has 0 spiro atoms. The molecule has 0 saturated carbocycles. The molecular weight excluding hydrogens is 179 g/mol. The summed E-state index contributed by atoms with van der Waals surface area (Å²) in [5.41, 5.74) is 4.07. The Bertz CT molecular complexity index is 294. The first-order valence-corrected chi connectivity index (χ1v) is 5.20. The minimum Gasteiger partial charge on any atom is -0.396 e. The van der Waals surface area contributed by atoms with Crippen molar-refractivity contribution in [3.05, 3.63) is 28.8 Å². The van der Waals surface area contributed by atoms with Gasteiger partial charge in [0.15, 0.2) is 0 Å². The Morgan fingerprint density at radius 2 is 1.92 bits per heavy atom. The molecule has 13 heavy (non-hydrogen) atoms. The number of rotatable bonds is 3. The van der Waals surface area contributed by atoms with Gasteiger partial charge in [-0.15, -0.1) is 9.24 Å². The summed E-state index contributed by atoms with van der Waals surface area (Å²) in [5, 5.41) is 10.0. The molecule has 2 heteroatoms. The third-order valence-corrected chi connectivity index (χ3v) is 3.17. The number of hydrogen-bond acceptors (Lipinski definition) is 1. The van der Waals surface area contributed by atoms with Gasteiger partial charge in [-0.25, -0.2) is 0 Å². The monoisotopic (exact) mass is 196 g/mol. The lowest BCUT2D eigenvalue weighted by Crippen LogP contribution is -2.03. The summed E-state index contributed by atoms with van der Waals surface area (Å²) >= 11 is 0. The molecule has 1 rings (SSSR count). The van der Waals surface area contributed by atoms with E-state index < -0.39 is 0 Å². The van der Waals surface area contributed by atoms with Gasteiger partial charge in [0.25, 0.3) is 0 Å². The van der Waals surface area contributed by atoms with Gasteiger partial charge in [-0.3, -0.25) is 0 Å². The molecule has 1 atom stereocenters. The normalized spacial score (nSPS) is 10.5. The van der Waals surface area contributed by atoms with Crippen molar-refractivity contribution >= 4 is 14.5 Å². The molecule has 0 aliphatic carbocycles. The second-order valence-corrected chi connectivity index (χ2v) is 4.01. The highest BCUT2D eigenvalue weighted by Gasteiger charge is 2.02. The molecule has 0 radical (unpaired) electrons. The van der Waals surface area contributed by atoms with Crippen molar-refractivity contribution in [2.75, 3.05) is 6.61 Å². The fourth-order valence-electron chi connectivity index (χ4n) is 1.44. The quantitative estimate of drug-likeness (QED) is 0.730. The molecule has 72 valence electrons. The van der Waals surface area contributed by atoms with E-state index in [1.54, 1.807) is 0 Å². The van der Waals surface area contributed by atoms with E-state index in [1.165, 1.54) is 22.0 Å². The van der Waals surface area contributed by atoms with Crippen LogP contribution in [-0.4, -0.2) is 11.7 Å². The van der Waals surface area contributed by atoms with Crippen LogP contribution in [0, 0.1) is 13.8 Å². The summed E-state index contributed by atoms with van der Waals surface area (Å²) < 4.78 is 0. The van der Waals surface area contributed by atoms with Gasteiger partial charge in [-0.05, 0) is 48.7 Å². The van der Waals surface area contributed by atoms with E-state index in [-0.39, 0.29) is 6.61 Å². The molecule has 0 aliphatic rings. The highest BCUT2D eigenvalue weighted by atomic mass is 31.0. The molecule has 1 N–H and O–H groups in total. The smallest absolute Gasteiger partial charge is 0.0434 e.